The smallest absolute Gasteiger partial charge is 0.0787 e. The molecule has 0 aromatic rings. The van der Waals surface area contributed by atoms with Gasteiger partial charge in [0.1, 0.15) is 0 Å². The number of rotatable bonds is 6. The van der Waals surface area contributed by atoms with Crippen LogP contribution in [0.2, 0.25) is 0 Å². The predicted octanol–water partition coefficient (Wildman–Crippen LogP) is 2.65. The van der Waals surface area contributed by atoms with Crippen molar-refractivity contribution in [2.45, 2.75) is 70.1 Å². The quantitative estimate of drug-likeness (QED) is 0.740. The normalized spacial score (nSPS) is 21.0. The average molecular weight is 256 g/mol. The fourth-order valence-electron chi connectivity index (χ4n) is 2.94. The Balaban J connectivity index is 2.52. The largest absolute Gasteiger partial charge is 0.377 e. The van der Waals surface area contributed by atoms with Crippen molar-refractivity contribution in [3.8, 4) is 0 Å². The molecule has 0 amide bonds. The molecule has 0 aliphatic heterocycles. The summed E-state index contributed by atoms with van der Waals surface area (Å²) in [5, 5.41) is 3.41. The Labute approximate surface area is 113 Å². The molecule has 0 bridgehead atoms. The second-order valence-corrected chi connectivity index (χ2v) is 6.23. The van der Waals surface area contributed by atoms with Crippen LogP contribution in [0, 0.1) is 0 Å². The molecule has 18 heavy (non-hydrogen) atoms. The molecule has 1 rings (SSSR count). The summed E-state index contributed by atoms with van der Waals surface area (Å²) in [7, 11) is 6.11. The lowest BCUT2D eigenvalue weighted by atomic mass is 9.97. The summed E-state index contributed by atoms with van der Waals surface area (Å²) in [5.74, 6) is 0. The summed E-state index contributed by atoms with van der Waals surface area (Å²) in [5.41, 5.74) is -0.117. The number of hydrogen-bond donors (Lipinski definition) is 1. The number of likely N-dealkylation sites (N-methyl/N-ethyl adjacent to an activating group) is 2. The first kappa shape index (κ1) is 15.9. The van der Waals surface area contributed by atoms with Crippen molar-refractivity contribution in [2.75, 3.05) is 27.7 Å². The summed E-state index contributed by atoms with van der Waals surface area (Å²) < 4.78 is 5.61. The van der Waals surface area contributed by atoms with Gasteiger partial charge in [0.2, 0.25) is 0 Å². The SMILES string of the molecule is CNC(CN(C)C1CCCCCC1)C(C)(C)OC. The molecule has 0 spiro atoms. The minimum atomic E-state index is -0.117. The van der Waals surface area contributed by atoms with Gasteiger partial charge in [-0.05, 0) is 40.8 Å². The van der Waals surface area contributed by atoms with E-state index in [1.165, 1.54) is 38.5 Å². The van der Waals surface area contributed by atoms with Crippen LogP contribution in [0.15, 0.2) is 0 Å². The lowest BCUT2D eigenvalue weighted by molar-refractivity contribution is -0.0194. The molecular formula is C15H32N2O. The third kappa shape index (κ3) is 4.52. The topological polar surface area (TPSA) is 24.5 Å². The van der Waals surface area contributed by atoms with Crippen LogP contribution >= 0.6 is 0 Å². The molecule has 0 radical (unpaired) electrons. The van der Waals surface area contributed by atoms with Gasteiger partial charge in [-0.2, -0.15) is 0 Å². The Hall–Kier alpha value is -0.120. The number of nitrogens with zero attached hydrogens (tertiary/aromatic N) is 1. The Morgan fingerprint density at radius 3 is 2.22 bits per heavy atom. The van der Waals surface area contributed by atoms with Crippen LogP contribution in [-0.4, -0.2) is 50.3 Å². The van der Waals surface area contributed by atoms with E-state index in [4.69, 9.17) is 4.74 Å². The van der Waals surface area contributed by atoms with E-state index in [-0.39, 0.29) is 5.60 Å². The van der Waals surface area contributed by atoms with E-state index in [0.717, 1.165) is 12.6 Å². The second kappa shape index (κ2) is 7.46. The van der Waals surface area contributed by atoms with Crippen molar-refractivity contribution in [3.63, 3.8) is 0 Å². The maximum absolute atomic E-state index is 5.61. The molecule has 0 saturated heterocycles. The summed E-state index contributed by atoms with van der Waals surface area (Å²) in [4.78, 5) is 2.53. The fourth-order valence-corrected chi connectivity index (χ4v) is 2.94. The summed E-state index contributed by atoms with van der Waals surface area (Å²) in [6.45, 7) is 5.38. The van der Waals surface area contributed by atoms with Gasteiger partial charge in [0, 0.05) is 25.7 Å². The molecule has 108 valence electrons. The monoisotopic (exact) mass is 256 g/mol. The highest BCUT2D eigenvalue weighted by atomic mass is 16.5. The van der Waals surface area contributed by atoms with E-state index in [1.807, 2.05) is 7.05 Å². The minimum absolute atomic E-state index is 0.117. The van der Waals surface area contributed by atoms with Gasteiger partial charge < -0.3 is 15.0 Å². The lowest BCUT2D eigenvalue weighted by Gasteiger charge is -2.38. The van der Waals surface area contributed by atoms with Gasteiger partial charge in [0.05, 0.1) is 5.60 Å². The molecule has 1 atom stereocenters. The van der Waals surface area contributed by atoms with Crippen molar-refractivity contribution >= 4 is 0 Å². The van der Waals surface area contributed by atoms with Gasteiger partial charge in [-0.1, -0.05) is 25.7 Å². The number of methoxy groups -OCH3 is 1. The molecule has 1 unspecified atom stereocenters. The van der Waals surface area contributed by atoms with E-state index in [9.17, 15) is 0 Å². The molecule has 0 heterocycles. The Morgan fingerprint density at radius 1 is 1.22 bits per heavy atom. The molecule has 1 aliphatic rings. The average Bonchev–Trinajstić information content (AvgIpc) is 2.64. The molecule has 0 aromatic carbocycles. The molecule has 1 aliphatic carbocycles. The third-order valence-electron chi connectivity index (χ3n) is 4.63. The highest BCUT2D eigenvalue weighted by Gasteiger charge is 2.30. The third-order valence-corrected chi connectivity index (χ3v) is 4.63. The summed E-state index contributed by atoms with van der Waals surface area (Å²) in [6, 6.07) is 1.13. The number of hydrogen-bond acceptors (Lipinski definition) is 3. The molecule has 1 fully saturated rings. The van der Waals surface area contributed by atoms with Gasteiger partial charge in [-0.25, -0.2) is 0 Å². The van der Waals surface area contributed by atoms with Crippen molar-refractivity contribution in [3.05, 3.63) is 0 Å². The van der Waals surface area contributed by atoms with Crippen molar-refractivity contribution in [1.82, 2.24) is 10.2 Å². The van der Waals surface area contributed by atoms with Crippen LogP contribution < -0.4 is 5.32 Å². The first-order valence-corrected chi connectivity index (χ1v) is 7.44. The lowest BCUT2D eigenvalue weighted by Crippen LogP contribution is -2.54. The highest BCUT2D eigenvalue weighted by molar-refractivity contribution is 4.88. The van der Waals surface area contributed by atoms with Gasteiger partial charge in [0.15, 0.2) is 0 Å². The van der Waals surface area contributed by atoms with E-state index in [2.05, 4.69) is 31.1 Å². The highest BCUT2D eigenvalue weighted by Crippen LogP contribution is 2.22. The van der Waals surface area contributed by atoms with E-state index < -0.39 is 0 Å². The van der Waals surface area contributed by atoms with Gasteiger partial charge in [-0.3, -0.25) is 0 Å². The van der Waals surface area contributed by atoms with Crippen LogP contribution in [0.4, 0.5) is 0 Å². The van der Waals surface area contributed by atoms with E-state index >= 15 is 0 Å². The molecular weight excluding hydrogens is 224 g/mol. The Kier molecular flexibility index (Phi) is 6.61. The fraction of sp³-hybridized carbons (Fsp3) is 1.00. The maximum atomic E-state index is 5.61. The van der Waals surface area contributed by atoms with Crippen LogP contribution in [0.25, 0.3) is 0 Å². The van der Waals surface area contributed by atoms with Crippen LogP contribution in [0.5, 0.6) is 0 Å². The van der Waals surface area contributed by atoms with Crippen molar-refractivity contribution in [2.24, 2.45) is 0 Å². The van der Waals surface area contributed by atoms with Gasteiger partial charge in [-0.15, -0.1) is 0 Å². The first-order valence-electron chi connectivity index (χ1n) is 7.44. The Morgan fingerprint density at radius 2 is 1.78 bits per heavy atom. The predicted molar refractivity (Wildman–Crippen MR) is 78.1 cm³/mol. The zero-order valence-electron chi connectivity index (χ0n) is 13.0. The standard InChI is InChI=1S/C15H32N2O/c1-15(2,18-5)14(16-3)12-17(4)13-10-8-6-7-9-11-13/h13-14,16H,6-12H2,1-5H3. The zero-order chi connectivity index (χ0) is 13.6. The molecule has 3 heteroatoms. The summed E-state index contributed by atoms with van der Waals surface area (Å²) >= 11 is 0. The van der Waals surface area contributed by atoms with E-state index in [0.29, 0.717) is 6.04 Å². The molecule has 1 N–H and O–H groups in total. The molecule has 1 saturated carbocycles. The van der Waals surface area contributed by atoms with Crippen LogP contribution in [0.1, 0.15) is 52.4 Å². The second-order valence-electron chi connectivity index (χ2n) is 6.23. The van der Waals surface area contributed by atoms with Gasteiger partial charge >= 0.3 is 0 Å². The van der Waals surface area contributed by atoms with Crippen molar-refractivity contribution < 1.29 is 4.74 Å². The number of nitrogens with one attached hydrogen (secondary N) is 1. The zero-order valence-corrected chi connectivity index (χ0v) is 13.0. The Bertz CT molecular complexity index is 223. The summed E-state index contributed by atoms with van der Waals surface area (Å²) in [6.07, 6.45) is 8.35. The van der Waals surface area contributed by atoms with Gasteiger partial charge in [0.25, 0.3) is 0 Å². The van der Waals surface area contributed by atoms with Crippen LogP contribution in [-0.2, 0) is 4.74 Å². The van der Waals surface area contributed by atoms with Crippen LogP contribution in [0.3, 0.4) is 0 Å². The number of ether oxygens (including phenoxy) is 1. The molecule has 3 nitrogen and oxygen atoms in total. The van der Waals surface area contributed by atoms with E-state index in [1.54, 1.807) is 7.11 Å². The maximum Gasteiger partial charge on any atom is 0.0787 e. The van der Waals surface area contributed by atoms with Crippen molar-refractivity contribution in [1.29, 1.82) is 0 Å². The minimum Gasteiger partial charge on any atom is -0.377 e. The first-order chi connectivity index (χ1) is 8.51. The molecule has 0 aromatic heterocycles.